The van der Waals surface area contributed by atoms with Crippen LogP contribution < -0.4 is 0 Å². The minimum absolute atomic E-state index is 0.0768. The Balaban J connectivity index is 2.37. The topological polar surface area (TPSA) is 192 Å². The largest absolute Gasteiger partial charge is 0.472 e. The molecule has 6 unspecified atom stereocenters. The number of phosphoric acid groups is 1. The van der Waals surface area contributed by atoms with E-state index in [1.165, 1.54) is 122 Å². The number of rotatable bonds is 41. The highest BCUT2D eigenvalue weighted by Crippen LogP contribution is 2.47. The highest BCUT2D eigenvalue weighted by Gasteiger charge is 2.51. The summed E-state index contributed by atoms with van der Waals surface area (Å²) >= 11 is 0. The minimum Gasteiger partial charge on any atom is -0.457 e. The molecule has 12 nitrogen and oxygen atoms in total. The van der Waals surface area contributed by atoms with E-state index < -0.39 is 63.1 Å². The third-order valence-electron chi connectivity index (χ3n) is 11.3. The van der Waals surface area contributed by atoms with Crippen LogP contribution in [0.4, 0.5) is 0 Å². The Kier molecular flexibility index (Phi) is 36.3. The van der Waals surface area contributed by atoms with E-state index in [4.69, 9.17) is 18.5 Å². The molecule has 0 aromatic heterocycles. The van der Waals surface area contributed by atoms with Crippen LogP contribution in [0.15, 0.2) is 24.3 Å². The molecule has 0 saturated heterocycles. The number of unbranched alkanes of at least 4 members (excludes halogenated alkanes) is 25. The van der Waals surface area contributed by atoms with E-state index in [0.29, 0.717) is 13.0 Å². The zero-order chi connectivity index (χ0) is 44.1. The lowest BCUT2D eigenvalue weighted by atomic mass is 9.85. The first-order valence-corrected chi connectivity index (χ1v) is 25.7. The van der Waals surface area contributed by atoms with Crippen molar-refractivity contribution in [2.45, 2.75) is 249 Å². The maximum Gasteiger partial charge on any atom is 0.472 e. The minimum atomic E-state index is -5.02. The quantitative estimate of drug-likeness (QED) is 0.0148. The summed E-state index contributed by atoms with van der Waals surface area (Å²) < 4.78 is 34.2. The van der Waals surface area contributed by atoms with Crippen molar-refractivity contribution < 1.29 is 58.3 Å². The first-order valence-electron chi connectivity index (χ1n) is 24.2. The van der Waals surface area contributed by atoms with Gasteiger partial charge in [-0.2, -0.15) is 0 Å². The number of esters is 1. The van der Waals surface area contributed by atoms with Crippen molar-refractivity contribution in [2.24, 2.45) is 0 Å². The fourth-order valence-electron chi connectivity index (χ4n) is 7.45. The normalized spacial score (nSPS) is 22.5. The third-order valence-corrected chi connectivity index (χ3v) is 12.3. The molecule has 0 aromatic carbocycles. The highest BCUT2D eigenvalue weighted by molar-refractivity contribution is 7.47. The van der Waals surface area contributed by atoms with Gasteiger partial charge in [-0.3, -0.25) is 13.8 Å². The van der Waals surface area contributed by atoms with Gasteiger partial charge >= 0.3 is 13.8 Å². The number of carbonyl (C=O) groups is 1. The molecule has 0 spiro atoms. The van der Waals surface area contributed by atoms with Gasteiger partial charge < -0.3 is 39.9 Å². The van der Waals surface area contributed by atoms with Crippen molar-refractivity contribution >= 4 is 13.8 Å². The van der Waals surface area contributed by atoms with E-state index in [2.05, 4.69) is 38.2 Å². The van der Waals surface area contributed by atoms with Crippen LogP contribution in [0.2, 0.25) is 0 Å². The summed E-state index contributed by atoms with van der Waals surface area (Å²) in [6.07, 6.45) is 31.0. The van der Waals surface area contributed by atoms with E-state index >= 15 is 0 Å². The lowest BCUT2D eigenvalue weighted by molar-refractivity contribution is -0.220. The third kappa shape index (κ3) is 30.0. The molecule has 0 bridgehead atoms. The average molecular weight is 877 g/mol. The second kappa shape index (κ2) is 38.3. The molecule has 6 atom stereocenters. The molecule has 1 aliphatic rings. The summed E-state index contributed by atoms with van der Waals surface area (Å²) in [4.78, 5) is 23.2. The predicted molar refractivity (Wildman–Crippen MR) is 240 cm³/mol. The van der Waals surface area contributed by atoms with Gasteiger partial charge in [0.05, 0.1) is 13.2 Å². The molecule has 60 heavy (non-hydrogen) atoms. The second-order valence-corrected chi connectivity index (χ2v) is 18.4. The van der Waals surface area contributed by atoms with Crippen LogP contribution in [0.25, 0.3) is 0 Å². The summed E-state index contributed by atoms with van der Waals surface area (Å²) in [5.41, 5.74) is 0. The Bertz CT molecular complexity index is 1090. The van der Waals surface area contributed by atoms with Crippen molar-refractivity contribution in [3.63, 3.8) is 0 Å². The van der Waals surface area contributed by atoms with Gasteiger partial charge in [-0.1, -0.05) is 179 Å². The van der Waals surface area contributed by atoms with Crippen LogP contribution in [0, 0.1) is 0 Å². The van der Waals surface area contributed by atoms with E-state index in [1.54, 1.807) is 0 Å². The Morgan fingerprint density at radius 2 is 0.933 bits per heavy atom. The summed E-state index contributed by atoms with van der Waals surface area (Å²) in [7, 11) is -5.02. The Morgan fingerprint density at radius 1 is 0.533 bits per heavy atom. The Morgan fingerprint density at radius 3 is 1.43 bits per heavy atom. The summed E-state index contributed by atoms with van der Waals surface area (Å²) in [5, 5.41) is 50.2. The number of hydrogen-bond donors (Lipinski definition) is 6. The van der Waals surface area contributed by atoms with E-state index in [0.717, 1.165) is 57.8 Å². The predicted octanol–water partition coefficient (Wildman–Crippen LogP) is 10.1. The molecule has 354 valence electrons. The van der Waals surface area contributed by atoms with E-state index in [9.17, 15) is 39.8 Å². The number of aliphatic hydroxyl groups excluding tert-OH is 5. The van der Waals surface area contributed by atoms with Gasteiger partial charge in [0.2, 0.25) is 0 Å². The maximum atomic E-state index is 12.8. The number of aliphatic hydroxyl groups is 5. The molecule has 0 heterocycles. The number of allylic oxidation sites excluding steroid dienone is 4. The van der Waals surface area contributed by atoms with Gasteiger partial charge in [0.15, 0.2) is 0 Å². The van der Waals surface area contributed by atoms with Gasteiger partial charge in [-0.05, 0) is 44.9 Å². The molecule has 1 rings (SSSR count). The lowest BCUT2D eigenvalue weighted by Crippen LogP contribution is -2.64. The van der Waals surface area contributed by atoms with Crippen LogP contribution in [0.3, 0.4) is 0 Å². The van der Waals surface area contributed by atoms with Gasteiger partial charge in [0.1, 0.15) is 42.7 Å². The fraction of sp³-hybridized carbons (Fsp3) is 0.894. The zero-order valence-corrected chi connectivity index (χ0v) is 38.7. The SMILES string of the molecule is CCCCC/C=C\C/C=C\CCCCCCCCCCOCC(COP(=O)(O)OC1C(O)C(O)C(O)C(O)C1O)OC(=O)CCCCCCCCCCCCCCCCC. The second-order valence-electron chi connectivity index (χ2n) is 17.0. The molecule has 13 heteroatoms. The van der Waals surface area contributed by atoms with Crippen LogP contribution in [-0.4, -0.2) is 98.9 Å². The van der Waals surface area contributed by atoms with Crippen molar-refractivity contribution in [1.29, 1.82) is 0 Å². The first kappa shape index (κ1) is 56.8. The summed E-state index contributed by atoms with van der Waals surface area (Å²) in [6, 6.07) is 0. The summed E-state index contributed by atoms with van der Waals surface area (Å²) in [6.45, 7) is 4.24. The molecular formula is C47H89O12P. The molecule has 1 fully saturated rings. The van der Waals surface area contributed by atoms with Crippen LogP contribution in [0.5, 0.6) is 0 Å². The van der Waals surface area contributed by atoms with E-state index in [1.807, 2.05) is 0 Å². The van der Waals surface area contributed by atoms with Crippen LogP contribution in [0.1, 0.15) is 206 Å². The van der Waals surface area contributed by atoms with Gasteiger partial charge in [0, 0.05) is 13.0 Å². The van der Waals surface area contributed by atoms with Gasteiger partial charge in [-0.25, -0.2) is 4.57 Å². The molecular weight excluding hydrogens is 787 g/mol. The molecule has 6 N–H and O–H groups in total. The smallest absolute Gasteiger partial charge is 0.457 e. The van der Waals surface area contributed by atoms with Crippen molar-refractivity contribution in [2.75, 3.05) is 19.8 Å². The zero-order valence-electron chi connectivity index (χ0n) is 37.8. The first-order chi connectivity index (χ1) is 29.0. The molecule has 0 aromatic rings. The molecule has 0 aliphatic heterocycles. The molecule has 1 saturated carbocycles. The molecule has 1 aliphatic carbocycles. The number of hydrogen-bond acceptors (Lipinski definition) is 11. The lowest BCUT2D eigenvalue weighted by Gasteiger charge is -2.41. The maximum absolute atomic E-state index is 12.8. The molecule has 0 amide bonds. The number of carbonyl (C=O) groups excluding carboxylic acids is 1. The Labute approximate surface area is 364 Å². The fourth-order valence-corrected chi connectivity index (χ4v) is 8.42. The molecule has 0 radical (unpaired) electrons. The van der Waals surface area contributed by atoms with Crippen molar-refractivity contribution in [3.05, 3.63) is 24.3 Å². The number of ether oxygens (including phenoxy) is 2. The number of phosphoric ester groups is 1. The van der Waals surface area contributed by atoms with Crippen LogP contribution in [-0.2, 0) is 27.9 Å². The highest BCUT2D eigenvalue weighted by atomic mass is 31.2. The van der Waals surface area contributed by atoms with Crippen molar-refractivity contribution in [3.8, 4) is 0 Å². The van der Waals surface area contributed by atoms with Gasteiger partial charge in [0.25, 0.3) is 0 Å². The Hall–Kier alpha value is -1.18. The standard InChI is InChI=1S/C47H89O12P/c1-3-5-7-9-11-13-15-17-19-20-21-23-25-27-29-31-33-35-37-56-38-40(39-57-60(54,55)59-47-45(52)43(50)42(49)44(51)46(47)53)58-41(48)36-34-32-30-28-26-24-22-18-16-14-12-10-8-6-4-2/h11,13,17,19,40,42-47,49-53H,3-10,12,14-16,18,20-39H2,1-2H3,(H,54,55)/b13-11-,19-17-. The average Bonchev–Trinajstić information content (AvgIpc) is 3.23. The monoisotopic (exact) mass is 877 g/mol. The summed E-state index contributed by atoms with van der Waals surface area (Å²) in [5.74, 6) is -0.477. The van der Waals surface area contributed by atoms with Crippen molar-refractivity contribution in [1.82, 2.24) is 0 Å². The van der Waals surface area contributed by atoms with Crippen LogP contribution >= 0.6 is 7.82 Å². The van der Waals surface area contributed by atoms with Gasteiger partial charge in [-0.15, -0.1) is 0 Å². The van der Waals surface area contributed by atoms with E-state index in [-0.39, 0.29) is 13.0 Å².